The third-order valence-electron chi connectivity index (χ3n) is 5.18. The summed E-state index contributed by atoms with van der Waals surface area (Å²) in [6, 6.07) is 22.3. The zero-order valence-electron chi connectivity index (χ0n) is 17.7. The molecule has 0 saturated heterocycles. The Bertz CT molecular complexity index is 1100. The van der Waals surface area contributed by atoms with E-state index in [1.54, 1.807) is 40.9 Å². The van der Waals surface area contributed by atoms with E-state index < -0.39 is 0 Å². The molecule has 1 aliphatic heterocycles. The van der Waals surface area contributed by atoms with Crippen LogP contribution >= 0.6 is 23.4 Å². The summed E-state index contributed by atoms with van der Waals surface area (Å²) in [6.45, 7) is 3.28. The number of nitrogens with zero attached hydrogens (tertiary/aromatic N) is 1. The summed E-state index contributed by atoms with van der Waals surface area (Å²) in [5, 5.41) is 6.88. The van der Waals surface area contributed by atoms with E-state index in [0.29, 0.717) is 34.6 Å². The van der Waals surface area contributed by atoms with Crippen molar-refractivity contribution in [2.24, 2.45) is 0 Å². The minimum atomic E-state index is -0.176. The van der Waals surface area contributed by atoms with Crippen molar-refractivity contribution in [3.05, 3.63) is 88.9 Å². The number of halogens is 1. The average Bonchev–Trinajstić information content (AvgIpc) is 2.80. The molecule has 1 atom stereocenters. The van der Waals surface area contributed by atoms with Crippen LogP contribution in [0, 0.1) is 0 Å². The zero-order chi connectivity index (χ0) is 22.5. The van der Waals surface area contributed by atoms with Crippen LogP contribution in [0.2, 0.25) is 5.02 Å². The van der Waals surface area contributed by atoms with Crippen LogP contribution in [0.25, 0.3) is 0 Å². The van der Waals surface area contributed by atoms with Gasteiger partial charge in [-0.1, -0.05) is 42.8 Å². The number of benzene rings is 3. The fourth-order valence-corrected chi connectivity index (χ4v) is 4.79. The van der Waals surface area contributed by atoms with Gasteiger partial charge in [0.15, 0.2) is 0 Å². The molecular formula is C25H24ClN3O2S. The lowest BCUT2D eigenvalue weighted by atomic mass is 10.1. The van der Waals surface area contributed by atoms with E-state index >= 15 is 0 Å². The molecule has 0 radical (unpaired) electrons. The van der Waals surface area contributed by atoms with Gasteiger partial charge >= 0.3 is 6.03 Å². The minimum Gasteiger partial charge on any atom is -0.352 e. The largest absolute Gasteiger partial charge is 0.352 e. The van der Waals surface area contributed by atoms with Crippen LogP contribution in [0.1, 0.15) is 22.8 Å². The normalized spacial score (nSPS) is 15.1. The fraction of sp³-hybridized carbons (Fsp3) is 0.200. The van der Waals surface area contributed by atoms with Gasteiger partial charge in [-0.05, 0) is 60.5 Å². The Balaban J connectivity index is 1.33. The van der Waals surface area contributed by atoms with Gasteiger partial charge in [0.25, 0.3) is 5.91 Å². The number of nitrogens with one attached hydrogen (secondary N) is 2. The number of carbonyl (C=O) groups is 2. The van der Waals surface area contributed by atoms with Gasteiger partial charge in [0, 0.05) is 39.5 Å². The Labute approximate surface area is 197 Å². The van der Waals surface area contributed by atoms with Crippen LogP contribution in [0.5, 0.6) is 0 Å². The number of thioether (sulfide) groups is 1. The Morgan fingerprint density at radius 2 is 1.75 bits per heavy atom. The molecule has 3 amide bonds. The molecule has 0 unspecified atom stereocenters. The van der Waals surface area contributed by atoms with E-state index in [-0.39, 0.29) is 11.9 Å². The van der Waals surface area contributed by atoms with E-state index in [0.717, 1.165) is 22.6 Å². The third kappa shape index (κ3) is 5.44. The maximum absolute atomic E-state index is 12.9. The van der Waals surface area contributed by atoms with Crippen molar-refractivity contribution < 1.29 is 9.59 Å². The summed E-state index contributed by atoms with van der Waals surface area (Å²) in [5.41, 5.74) is 3.23. The van der Waals surface area contributed by atoms with Gasteiger partial charge in [-0.2, -0.15) is 0 Å². The number of hydrogen-bond donors (Lipinski definition) is 2. The lowest BCUT2D eigenvalue weighted by Crippen LogP contribution is -2.41. The van der Waals surface area contributed by atoms with Crippen molar-refractivity contribution in [3.63, 3.8) is 0 Å². The van der Waals surface area contributed by atoms with E-state index in [2.05, 4.69) is 17.6 Å². The van der Waals surface area contributed by atoms with Crippen LogP contribution in [0.3, 0.4) is 0 Å². The number of carbonyl (C=O) groups excluding carboxylic acids is 2. The maximum atomic E-state index is 12.9. The van der Waals surface area contributed by atoms with Crippen molar-refractivity contribution in [1.29, 1.82) is 0 Å². The van der Waals surface area contributed by atoms with Crippen LogP contribution in [-0.2, 0) is 6.42 Å². The quantitative estimate of drug-likeness (QED) is 0.497. The van der Waals surface area contributed by atoms with E-state index in [1.165, 1.54) is 0 Å². The topological polar surface area (TPSA) is 61.4 Å². The Kier molecular flexibility index (Phi) is 7.02. The molecule has 0 spiro atoms. The highest BCUT2D eigenvalue weighted by Crippen LogP contribution is 2.38. The smallest absolute Gasteiger partial charge is 0.326 e. The molecular weight excluding hydrogens is 442 g/mol. The summed E-state index contributed by atoms with van der Waals surface area (Å²) < 4.78 is 0. The second-order valence-electron chi connectivity index (χ2n) is 7.65. The maximum Gasteiger partial charge on any atom is 0.326 e. The molecule has 2 N–H and O–H groups in total. The zero-order valence-corrected chi connectivity index (χ0v) is 19.2. The average molecular weight is 466 g/mol. The third-order valence-corrected chi connectivity index (χ3v) is 6.58. The Hall–Kier alpha value is -2.96. The monoisotopic (exact) mass is 465 g/mol. The van der Waals surface area contributed by atoms with Gasteiger partial charge in [-0.3, -0.25) is 9.69 Å². The lowest BCUT2D eigenvalue weighted by Gasteiger charge is -2.32. The molecule has 7 heteroatoms. The number of anilines is 2. The molecule has 0 aromatic heterocycles. The first kappa shape index (κ1) is 22.2. The molecule has 0 aliphatic carbocycles. The van der Waals surface area contributed by atoms with Gasteiger partial charge in [0.1, 0.15) is 0 Å². The molecule has 0 fully saturated rings. The second kappa shape index (κ2) is 10.1. The Morgan fingerprint density at radius 1 is 1.03 bits per heavy atom. The molecule has 32 heavy (non-hydrogen) atoms. The van der Waals surface area contributed by atoms with Gasteiger partial charge in [-0.25, -0.2) is 4.79 Å². The fourth-order valence-electron chi connectivity index (χ4n) is 3.55. The van der Waals surface area contributed by atoms with Gasteiger partial charge in [0.05, 0.1) is 5.69 Å². The van der Waals surface area contributed by atoms with E-state index in [4.69, 9.17) is 11.6 Å². The molecule has 0 bridgehead atoms. The van der Waals surface area contributed by atoms with Crippen LogP contribution < -0.4 is 15.5 Å². The number of rotatable bonds is 5. The van der Waals surface area contributed by atoms with Gasteiger partial charge in [0.2, 0.25) is 0 Å². The van der Waals surface area contributed by atoms with Crippen LogP contribution in [0.4, 0.5) is 16.2 Å². The molecule has 3 aromatic carbocycles. The van der Waals surface area contributed by atoms with Crippen LogP contribution in [-0.4, -0.2) is 30.3 Å². The molecule has 3 aromatic rings. The van der Waals surface area contributed by atoms with Crippen molar-refractivity contribution >= 4 is 46.7 Å². The number of urea groups is 1. The van der Waals surface area contributed by atoms with Crippen LogP contribution in [0.15, 0.2) is 77.7 Å². The Morgan fingerprint density at radius 3 is 2.50 bits per heavy atom. The number of amides is 3. The molecule has 0 saturated carbocycles. The molecule has 5 nitrogen and oxygen atoms in total. The molecule has 4 rings (SSSR count). The summed E-state index contributed by atoms with van der Waals surface area (Å²) in [5.74, 6) is -0.146. The summed E-state index contributed by atoms with van der Waals surface area (Å²) in [4.78, 5) is 28.2. The predicted octanol–water partition coefficient (Wildman–Crippen LogP) is 5.85. The second-order valence-corrected chi connectivity index (χ2v) is 9.56. The van der Waals surface area contributed by atoms with E-state index in [1.807, 2.05) is 48.5 Å². The van der Waals surface area contributed by atoms with Gasteiger partial charge < -0.3 is 10.6 Å². The van der Waals surface area contributed by atoms with E-state index in [9.17, 15) is 9.59 Å². The first-order valence-electron chi connectivity index (χ1n) is 10.5. The van der Waals surface area contributed by atoms with Crippen molar-refractivity contribution in [1.82, 2.24) is 5.32 Å². The first-order valence-corrected chi connectivity index (χ1v) is 11.7. The van der Waals surface area contributed by atoms with Crippen molar-refractivity contribution in [2.45, 2.75) is 23.5 Å². The highest BCUT2D eigenvalue weighted by Gasteiger charge is 2.26. The molecule has 1 aliphatic rings. The first-order chi connectivity index (χ1) is 15.5. The highest BCUT2D eigenvalue weighted by molar-refractivity contribution is 8.00. The van der Waals surface area contributed by atoms with Crippen molar-refractivity contribution in [3.8, 4) is 0 Å². The molecule has 164 valence electrons. The number of fused-ring (bicyclic) bond motifs is 1. The van der Waals surface area contributed by atoms with Crippen molar-refractivity contribution in [2.75, 3.05) is 23.3 Å². The highest BCUT2D eigenvalue weighted by atomic mass is 35.5. The molecule has 1 heterocycles. The standard InChI is InChI=1S/C25H24ClN3O2S/c1-17-16-29(22-4-2-3-5-23(22)32-17)25(31)28-21-12-8-19(9-13-21)24(30)27-15-14-18-6-10-20(26)11-7-18/h2-13,17H,14-16H2,1H3,(H,27,30)(H,28,31)/t17-/m1/s1. The lowest BCUT2D eigenvalue weighted by molar-refractivity contribution is 0.0954. The summed E-state index contributed by atoms with van der Waals surface area (Å²) in [7, 11) is 0. The van der Waals surface area contributed by atoms with Gasteiger partial charge in [-0.15, -0.1) is 11.8 Å². The SMILES string of the molecule is C[C@@H]1CN(C(=O)Nc2ccc(C(=O)NCCc3ccc(Cl)cc3)cc2)c2ccccc2S1. The summed E-state index contributed by atoms with van der Waals surface area (Å²) >= 11 is 7.67. The number of para-hydroxylation sites is 1. The number of hydrogen-bond acceptors (Lipinski definition) is 3. The predicted molar refractivity (Wildman–Crippen MR) is 132 cm³/mol. The summed E-state index contributed by atoms with van der Waals surface area (Å²) in [6.07, 6.45) is 0.727. The minimum absolute atomic E-state index is 0.146.